The van der Waals surface area contributed by atoms with Crippen LogP contribution in [0.15, 0.2) is 0 Å². The Morgan fingerprint density at radius 1 is 1.50 bits per heavy atom. The van der Waals surface area contributed by atoms with E-state index in [-0.39, 0.29) is 0 Å². The average Bonchev–Trinajstić information content (AvgIpc) is 2.77. The van der Waals surface area contributed by atoms with E-state index in [0.717, 1.165) is 38.8 Å². The number of likely N-dealkylation sites (N-methyl/N-ethyl adjacent to an activating group) is 1. The summed E-state index contributed by atoms with van der Waals surface area (Å²) in [5, 5.41) is 10.4. The van der Waals surface area contributed by atoms with Crippen molar-refractivity contribution in [2.24, 2.45) is 0 Å². The Morgan fingerprint density at radius 3 is 2.88 bits per heavy atom. The van der Waals surface area contributed by atoms with Gasteiger partial charge in [-0.25, -0.2) is 0 Å². The van der Waals surface area contributed by atoms with Gasteiger partial charge in [0.2, 0.25) is 0 Å². The Balaban J connectivity index is 1.69. The van der Waals surface area contributed by atoms with E-state index in [1.54, 1.807) is 0 Å². The van der Waals surface area contributed by atoms with Crippen molar-refractivity contribution >= 4 is 0 Å². The number of aliphatic hydroxyl groups is 1. The topological polar surface area (TPSA) is 32.7 Å². The van der Waals surface area contributed by atoms with Gasteiger partial charge >= 0.3 is 0 Å². The molecule has 3 heteroatoms. The first-order chi connectivity index (χ1) is 7.59. The molecule has 2 aliphatic rings. The number of likely N-dealkylation sites (tertiary alicyclic amines) is 1. The molecule has 3 atom stereocenters. The largest absolute Gasteiger partial charge is 0.388 e. The molecule has 0 bridgehead atoms. The lowest BCUT2D eigenvalue weighted by atomic mass is 9.93. The second kappa shape index (κ2) is 5.03. The van der Waals surface area contributed by atoms with Gasteiger partial charge in [0.25, 0.3) is 0 Å². The molecule has 0 spiro atoms. The number of hydrogen-bond acceptors (Lipinski definition) is 3. The van der Waals surface area contributed by atoms with Crippen molar-refractivity contribution < 1.29 is 9.84 Å². The van der Waals surface area contributed by atoms with Crippen LogP contribution in [0, 0.1) is 0 Å². The van der Waals surface area contributed by atoms with Gasteiger partial charge in [0, 0.05) is 19.2 Å². The minimum Gasteiger partial charge on any atom is -0.388 e. The monoisotopic (exact) mass is 227 g/mol. The van der Waals surface area contributed by atoms with Crippen LogP contribution < -0.4 is 0 Å². The zero-order valence-corrected chi connectivity index (χ0v) is 10.6. The molecule has 2 saturated heterocycles. The maximum Gasteiger partial charge on any atom is 0.0788 e. The van der Waals surface area contributed by atoms with Crippen molar-refractivity contribution in [3.05, 3.63) is 0 Å². The Bertz CT molecular complexity index is 216. The highest BCUT2D eigenvalue weighted by molar-refractivity contribution is 4.93. The van der Waals surface area contributed by atoms with E-state index in [9.17, 15) is 5.11 Å². The van der Waals surface area contributed by atoms with Gasteiger partial charge in [-0.1, -0.05) is 0 Å². The standard InChI is InChI=1S/C13H25NO2/c1-11-9-13(15,10-14(11)2)7-3-5-12-6-4-8-16-12/h11-12,15H,3-10H2,1-2H3. The number of hydrogen-bond donors (Lipinski definition) is 1. The third-order valence-corrected chi connectivity index (χ3v) is 4.16. The minimum atomic E-state index is -0.438. The molecule has 2 aliphatic heterocycles. The van der Waals surface area contributed by atoms with Crippen molar-refractivity contribution in [3.8, 4) is 0 Å². The molecule has 2 heterocycles. The van der Waals surface area contributed by atoms with E-state index in [2.05, 4.69) is 18.9 Å². The molecule has 0 saturated carbocycles. The van der Waals surface area contributed by atoms with Crippen LogP contribution in [0.2, 0.25) is 0 Å². The lowest BCUT2D eigenvalue weighted by Gasteiger charge is -2.22. The number of β-amino-alcohol motifs (C(OH)–C–C–N with tert-alkyl or cyclic N) is 1. The summed E-state index contributed by atoms with van der Waals surface area (Å²) in [4.78, 5) is 2.26. The summed E-state index contributed by atoms with van der Waals surface area (Å²) >= 11 is 0. The maximum atomic E-state index is 10.4. The van der Waals surface area contributed by atoms with Crippen molar-refractivity contribution in [2.75, 3.05) is 20.2 Å². The van der Waals surface area contributed by atoms with Crippen LogP contribution >= 0.6 is 0 Å². The molecule has 0 radical (unpaired) electrons. The molecule has 2 fully saturated rings. The smallest absolute Gasteiger partial charge is 0.0788 e. The lowest BCUT2D eigenvalue weighted by molar-refractivity contribution is 0.0335. The molecule has 2 rings (SSSR count). The quantitative estimate of drug-likeness (QED) is 0.795. The highest BCUT2D eigenvalue weighted by Crippen LogP contribution is 2.31. The van der Waals surface area contributed by atoms with E-state index in [4.69, 9.17) is 4.74 Å². The average molecular weight is 227 g/mol. The van der Waals surface area contributed by atoms with Crippen LogP contribution in [0.5, 0.6) is 0 Å². The fraction of sp³-hybridized carbons (Fsp3) is 1.00. The molecule has 0 aliphatic carbocycles. The highest BCUT2D eigenvalue weighted by Gasteiger charge is 2.38. The Hall–Kier alpha value is -0.120. The predicted octanol–water partition coefficient (Wildman–Crippen LogP) is 1.79. The SMILES string of the molecule is CC1CC(O)(CCCC2CCCO2)CN1C. The summed E-state index contributed by atoms with van der Waals surface area (Å²) in [7, 11) is 2.10. The maximum absolute atomic E-state index is 10.4. The highest BCUT2D eigenvalue weighted by atomic mass is 16.5. The Morgan fingerprint density at radius 2 is 2.31 bits per heavy atom. The fourth-order valence-corrected chi connectivity index (χ4v) is 3.10. The van der Waals surface area contributed by atoms with Gasteiger partial charge in [0.1, 0.15) is 0 Å². The van der Waals surface area contributed by atoms with Crippen LogP contribution in [0.4, 0.5) is 0 Å². The third kappa shape index (κ3) is 2.96. The number of ether oxygens (including phenoxy) is 1. The molecule has 0 aromatic rings. The van der Waals surface area contributed by atoms with Crippen LogP contribution in [0.3, 0.4) is 0 Å². The summed E-state index contributed by atoms with van der Waals surface area (Å²) in [5.74, 6) is 0. The summed E-state index contributed by atoms with van der Waals surface area (Å²) < 4.78 is 5.60. The van der Waals surface area contributed by atoms with Crippen LogP contribution in [-0.4, -0.2) is 48.0 Å². The summed E-state index contributed by atoms with van der Waals surface area (Å²) in [6.45, 7) is 3.96. The lowest BCUT2D eigenvalue weighted by Crippen LogP contribution is -2.32. The van der Waals surface area contributed by atoms with E-state index in [1.807, 2.05) is 0 Å². The van der Waals surface area contributed by atoms with E-state index >= 15 is 0 Å². The molecular formula is C13H25NO2. The fourth-order valence-electron chi connectivity index (χ4n) is 3.10. The van der Waals surface area contributed by atoms with Gasteiger partial charge in [0.05, 0.1) is 11.7 Å². The normalized spacial score (nSPS) is 40.7. The Kier molecular flexibility index (Phi) is 3.88. The number of nitrogens with zero attached hydrogens (tertiary/aromatic N) is 1. The molecule has 0 amide bonds. The summed E-state index contributed by atoms with van der Waals surface area (Å²) in [5.41, 5.74) is -0.438. The van der Waals surface area contributed by atoms with Gasteiger partial charge < -0.3 is 14.7 Å². The van der Waals surface area contributed by atoms with Gasteiger partial charge in [0.15, 0.2) is 0 Å². The van der Waals surface area contributed by atoms with Crippen LogP contribution in [0.25, 0.3) is 0 Å². The summed E-state index contributed by atoms with van der Waals surface area (Å²) in [6.07, 6.45) is 6.99. The molecular weight excluding hydrogens is 202 g/mol. The van der Waals surface area contributed by atoms with Crippen LogP contribution in [0.1, 0.15) is 45.4 Å². The first-order valence-electron chi connectivity index (χ1n) is 6.63. The Labute approximate surface area is 98.8 Å². The van der Waals surface area contributed by atoms with Gasteiger partial charge in [-0.15, -0.1) is 0 Å². The van der Waals surface area contributed by atoms with Crippen molar-refractivity contribution in [2.45, 2.75) is 63.2 Å². The first-order valence-corrected chi connectivity index (χ1v) is 6.63. The first kappa shape index (κ1) is 12.3. The second-order valence-corrected chi connectivity index (χ2v) is 5.72. The zero-order chi connectivity index (χ0) is 11.6. The van der Waals surface area contributed by atoms with Gasteiger partial charge in [-0.05, 0) is 52.5 Å². The van der Waals surface area contributed by atoms with Gasteiger partial charge in [-0.3, -0.25) is 0 Å². The molecule has 1 N–H and O–H groups in total. The molecule has 16 heavy (non-hydrogen) atoms. The molecule has 3 unspecified atom stereocenters. The zero-order valence-electron chi connectivity index (χ0n) is 10.6. The summed E-state index contributed by atoms with van der Waals surface area (Å²) in [6, 6.07) is 0.521. The van der Waals surface area contributed by atoms with E-state index in [0.29, 0.717) is 12.1 Å². The third-order valence-electron chi connectivity index (χ3n) is 4.16. The van der Waals surface area contributed by atoms with E-state index < -0.39 is 5.60 Å². The molecule has 0 aromatic carbocycles. The van der Waals surface area contributed by atoms with Crippen molar-refractivity contribution in [1.82, 2.24) is 4.90 Å². The molecule has 94 valence electrons. The van der Waals surface area contributed by atoms with Crippen molar-refractivity contribution in [3.63, 3.8) is 0 Å². The predicted molar refractivity (Wildman–Crippen MR) is 64.5 cm³/mol. The van der Waals surface area contributed by atoms with E-state index in [1.165, 1.54) is 12.8 Å². The van der Waals surface area contributed by atoms with Crippen LogP contribution in [-0.2, 0) is 4.74 Å². The van der Waals surface area contributed by atoms with Gasteiger partial charge in [-0.2, -0.15) is 0 Å². The van der Waals surface area contributed by atoms with Crippen molar-refractivity contribution in [1.29, 1.82) is 0 Å². The number of rotatable bonds is 4. The minimum absolute atomic E-state index is 0.438. The molecule has 0 aromatic heterocycles. The second-order valence-electron chi connectivity index (χ2n) is 5.72. The molecule has 3 nitrogen and oxygen atoms in total.